The molecule has 11 heteroatoms. The van der Waals surface area contributed by atoms with Gasteiger partial charge in [-0.15, -0.1) is 0 Å². The Morgan fingerprint density at radius 1 is 0.778 bits per heavy atom. The Labute approximate surface area is 213 Å². The third-order valence-corrected chi connectivity index (χ3v) is 9.31. The van der Waals surface area contributed by atoms with Crippen LogP contribution in [0.3, 0.4) is 0 Å². The molecule has 0 unspecified atom stereocenters. The number of piperazine rings is 1. The second-order valence-electron chi connectivity index (χ2n) is 8.56. The van der Waals surface area contributed by atoms with Crippen molar-refractivity contribution in [3.05, 3.63) is 72.8 Å². The lowest BCUT2D eigenvalue weighted by Gasteiger charge is -2.38. The van der Waals surface area contributed by atoms with Crippen LogP contribution in [0.15, 0.2) is 82.6 Å². The highest BCUT2D eigenvalue weighted by Gasteiger charge is 2.23. The Kier molecular flexibility index (Phi) is 7.43. The zero-order valence-corrected chi connectivity index (χ0v) is 22.1. The topological polar surface area (TPSA) is 99.3 Å². The van der Waals surface area contributed by atoms with Crippen LogP contribution in [0.1, 0.15) is 0 Å². The molecule has 1 N–H and O–H groups in total. The second-order valence-corrected chi connectivity index (χ2v) is 12.4. The van der Waals surface area contributed by atoms with Gasteiger partial charge in [-0.2, -0.15) is 0 Å². The number of ether oxygens (including phenoxy) is 1. The van der Waals surface area contributed by atoms with Gasteiger partial charge in [0.15, 0.2) is 0 Å². The summed E-state index contributed by atoms with van der Waals surface area (Å²) in [5.41, 5.74) is 2.35. The first-order chi connectivity index (χ1) is 17.1. The first-order valence-electron chi connectivity index (χ1n) is 11.4. The quantitative estimate of drug-likeness (QED) is 0.478. The maximum atomic E-state index is 13.1. The second kappa shape index (κ2) is 10.4. The van der Waals surface area contributed by atoms with Crippen LogP contribution in [0.25, 0.3) is 0 Å². The maximum Gasteiger partial charge on any atom is 0.261 e. The molecule has 192 valence electrons. The van der Waals surface area contributed by atoms with Gasteiger partial charge in [-0.05, 0) is 48.5 Å². The molecular formula is C25H30N4O5S2. The van der Waals surface area contributed by atoms with Crippen LogP contribution in [-0.2, 0) is 20.0 Å². The number of para-hydroxylation sites is 2. The number of anilines is 3. The molecule has 3 aromatic rings. The fourth-order valence-corrected chi connectivity index (χ4v) is 6.03. The molecule has 1 heterocycles. The largest absolute Gasteiger partial charge is 0.497 e. The lowest BCUT2D eigenvalue weighted by Crippen LogP contribution is -2.46. The molecule has 0 saturated carbocycles. The van der Waals surface area contributed by atoms with Crippen LogP contribution in [-0.4, -0.2) is 68.5 Å². The average Bonchev–Trinajstić information content (AvgIpc) is 2.89. The van der Waals surface area contributed by atoms with Crippen LogP contribution >= 0.6 is 0 Å². The minimum Gasteiger partial charge on any atom is -0.497 e. The van der Waals surface area contributed by atoms with E-state index in [1.54, 1.807) is 19.2 Å². The Bertz CT molecular complexity index is 1420. The van der Waals surface area contributed by atoms with E-state index in [4.69, 9.17) is 4.74 Å². The third kappa shape index (κ3) is 5.43. The van der Waals surface area contributed by atoms with Gasteiger partial charge in [0.2, 0.25) is 10.0 Å². The Morgan fingerprint density at radius 2 is 1.39 bits per heavy atom. The van der Waals surface area contributed by atoms with Gasteiger partial charge in [0.05, 0.1) is 28.3 Å². The van der Waals surface area contributed by atoms with E-state index in [2.05, 4.69) is 20.6 Å². The van der Waals surface area contributed by atoms with E-state index < -0.39 is 20.0 Å². The molecule has 0 bridgehead atoms. The lowest BCUT2D eigenvalue weighted by molar-refractivity contribution is 0.414. The van der Waals surface area contributed by atoms with Crippen molar-refractivity contribution in [2.45, 2.75) is 9.79 Å². The zero-order chi connectivity index (χ0) is 25.9. The van der Waals surface area contributed by atoms with Crippen LogP contribution < -0.4 is 19.3 Å². The lowest BCUT2D eigenvalue weighted by atomic mass is 10.2. The van der Waals surface area contributed by atoms with Gasteiger partial charge in [-0.25, -0.2) is 21.1 Å². The summed E-state index contributed by atoms with van der Waals surface area (Å²) >= 11 is 0. The molecule has 0 spiro atoms. The fourth-order valence-electron chi connectivity index (χ4n) is 4.05. The summed E-state index contributed by atoms with van der Waals surface area (Å²) in [6.45, 7) is 2.98. The normalized spacial score (nSPS) is 14.7. The number of methoxy groups -OCH3 is 1. The summed E-state index contributed by atoms with van der Waals surface area (Å²) < 4.78 is 59.9. The van der Waals surface area contributed by atoms with Crippen molar-refractivity contribution in [2.75, 3.05) is 61.9 Å². The van der Waals surface area contributed by atoms with E-state index in [-0.39, 0.29) is 9.79 Å². The number of hydrogen-bond acceptors (Lipinski definition) is 7. The highest BCUT2D eigenvalue weighted by atomic mass is 32.2. The number of nitrogens with zero attached hydrogens (tertiary/aromatic N) is 3. The molecule has 0 aliphatic carbocycles. The van der Waals surface area contributed by atoms with Crippen molar-refractivity contribution in [1.29, 1.82) is 0 Å². The van der Waals surface area contributed by atoms with Crippen molar-refractivity contribution in [1.82, 2.24) is 4.31 Å². The van der Waals surface area contributed by atoms with Crippen molar-refractivity contribution < 1.29 is 21.6 Å². The van der Waals surface area contributed by atoms with Crippen LogP contribution in [0.2, 0.25) is 0 Å². The van der Waals surface area contributed by atoms with E-state index in [1.165, 1.54) is 38.4 Å². The van der Waals surface area contributed by atoms with E-state index >= 15 is 0 Å². The van der Waals surface area contributed by atoms with Gasteiger partial charge in [0, 0.05) is 52.0 Å². The first-order valence-corrected chi connectivity index (χ1v) is 14.3. The molecule has 0 aromatic heterocycles. The van der Waals surface area contributed by atoms with Gasteiger partial charge in [0.1, 0.15) is 5.75 Å². The molecule has 36 heavy (non-hydrogen) atoms. The minimum atomic E-state index is -3.93. The average molecular weight is 531 g/mol. The predicted molar refractivity (Wildman–Crippen MR) is 142 cm³/mol. The zero-order valence-electron chi connectivity index (χ0n) is 20.5. The van der Waals surface area contributed by atoms with Crippen molar-refractivity contribution in [3.8, 4) is 5.75 Å². The maximum absolute atomic E-state index is 13.1. The number of nitrogens with one attached hydrogen (secondary N) is 1. The molecule has 1 aliphatic rings. The fraction of sp³-hybridized carbons (Fsp3) is 0.280. The standard InChI is InChI=1S/C25H30N4O5S2/c1-27(2)36(32,33)23-13-11-22(12-14-23)35(30,31)26-24-9-4-5-10-25(24)29-17-15-28(16-18-29)20-7-6-8-21(19-20)34-3/h4-14,19,26H,15-18H2,1-3H3. The van der Waals surface area contributed by atoms with Crippen molar-refractivity contribution >= 4 is 37.1 Å². The minimum absolute atomic E-state index is 0.0159. The highest BCUT2D eigenvalue weighted by molar-refractivity contribution is 7.92. The SMILES string of the molecule is COc1cccc(N2CCN(c3ccccc3NS(=O)(=O)c3ccc(S(=O)(=O)N(C)C)cc3)CC2)c1. The summed E-state index contributed by atoms with van der Waals surface area (Å²) in [5.74, 6) is 0.807. The van der Waals surface area contributed by atoms with Crippen LogP contribution in [0, 0.1) is 0 Å². The monoisotopic (exact) mass is 530 g/mol. The Hall–Kier alpha value is -3.28. The molecule has 0 radical (unpaired) electrons. The molecule has 1 fully saturated rings. The van der Waals surface area contributed by atoms with E-state index in [0.29, 0.717) is 18.8 Å². The van der Waals surface area contributed by atoms with E-state index in [0.717, 1.165) is 34.5 Å². The van der Waals surface area contributed by atoms with Gasteiger partial charge in [-0.3, -0.25) is 4.72 Å². The number of benzene rings is 3. The van der Waals surface area contributed by atoms with Crippen molar-refractivity contribution in [3.63, 3.8) is 0 Å². The molecule has 4 rings (SSSR count). The molecular weight excluding hydrogens is 500 g/mol. The summed E-state index contributed by atoms with van der Waals surface area (Å²) in [6, 6.07) is 20.4. The van der Waals surface area contributed by atoms with Crippen LogP contribution in [0.4, 0.5) is 17.1 Å². The predicted octanol–water partition coefficient (Wildman–Crippen LogP) is 3.07. The summed E-state index contributed by atoms with van der Waals surface area (Å²) in [7, 11) is -3.08. The first kappa shape index (κ1) is 25.8. The highest BCUT2D eigenvalue weighted by Crippen LogP contribution is 2.30. The molecule has 1 aliphatic heterocycles. The van der Waals surface area contributed by atoms with E-state index in [1.807, 2.05) is 30.3 Å². The smallest absolute Gasteiger partial charge is 0.261 e. The number of hydrogen-bond donors (Lipinski definition) is 1. The van der Waals surface area contributed by atoms with E-state index in [9.17, 15) is 16.8 Å². The van der Waals surface area contributed by atoms with Gasteiger partial charge in [0.25, 0.3) is 10.0 Å². The number of rotatable bonds is 8. The summed E-state index contributed by atoms with van der Waals surface area (Å²) in [4.78, 5) is 4.44. The molecule has 0 amide bonds. The van der Waals surface area contributed by atoms with Crippen molar-refractivity contribution in [2.24, 2.45) is 0 Å². The molecule has 1 saturated heterocycles. The Balaban J connectivity index is 1.50. The van der Waals surface area contributed by atoms with Gasteiger partial charge in [-0.1, -0.05) is 18.2 Å². The molecule has 0 atom stereocenters. The van der Waals surface area contributed by atoms with Crippen LogP contribution in [0.5, 0.6) is 5.75 Å². The molecule has 3 aromatic carbocycles. The molecule has 9 nitrogen and oxygen atoms in total. The van der Waals surface area contributed by atoms with Gasteiger partial charge >= 0.3 is 0 Å². The number of sulfonamides is 2. The summed E-state index contributed by atoms with van der Waals surface area (Å²) in [6.07, 6.45) is 0. The summed E-state index contributed by atoms with van der Waals surface area (Å²) in [5, 5.41) is 0. The third-order valence-electron chi connectivity index (χ3n) is 6.10. The Morgan fingerprint density at radius 3 is 2.03 bits per heavy atom. The van der Waals surface area contributed by atoms with Gasteiger partial charge < -0.3 is 14.5 Å².